The lowest BCUT2D eigenvalue weighted by Crippen LogP contribution is -2.30. The van der Waals surface area contributed by atoms with Gasteiger partial charge in [-0.2, -0.15) is 0 Å². The summed E-state index contributed by atoms with van der Waals surface area (Å²) in [6, 6.07) is 4.23. The standard InChI is InChI=1S/C13H15BrClNO3S/c1-2-13(3-4-13)8-16-12(17)9-5-10(14)7-11(6-9)20(15,18)19/h5-7H,2-4,8H2,1H3,(H,16,17). The maximum Gasteiger partial charge on any atom is 0.261 e. The quantitative estimate of drug-likeness (QED) is 0.797. The molecule has 1 aliphatic rings. The van der Waals surface area contributed by atoms with Crippen LogP contribution >= 0.6 is 26.6 Å². The average Bonchev–Trinajstić information content (AvgIpc) is 3.15. The van der Waals surface area contributed by atoms with Crippen LogP contribution in [-0.4, -0.2) is 20.9 Å². The molecule has 1 saturated carbocycles. The monoisotopic (exact) mass is 379 g/mol. The van der Waals surface area contributed by atoms with Crippen LogP contribution in [0.25, 0.3) is 0 Å². The molecule has 1 aromatic carbocycles. The van der Waals surface area contributed by atoms with Crippen LogP contribution in [0.3, 0.4) is 0 Å². The third-order valence-corrected chi connectivity index (χ3v) is 5.54. The van der Waals surface area contributed by atoms with E-state index in [0.29, 0.717) is 11.0 Å². The van der Waals surface area contributed by atoms with Gasteiger partial charge in [-0.05, 0) is 42.9 Å². The van der Waals surface area contributed by atoms with Gasteiger partial charge in [-0.15, -0.1) is 0 Å². The lowest BCUT2D eigenvalue weighted by Gasteiger charge is -2.13. The number of carbonyl (C=O) groups is 1. The van der Waals surface area contributed by atoms with Crippen LogP contribution in [0.1, 0.15) is 36.5 Å². The van der Waals surface area contributed by atoms with Gasteiger partial charge in [0.05, 0.1) is 4.90 Å². The molecule has 0 aliphatic heterocycles. The molecule has 0 unspecified atom stereocenters. The highest BCUT2D eigenvalue weighted by molar-refractivity contribution is 9.10. The molecule has 0 heterocycles. The van der Waals surface area contributed by atoms with Crippen LogP contribution in [0.15, 0.2) is 27.6 Å². The first-order valence-corrected chi connectivity index (χ1v) is 9.39. The maximum atomic E-state index is 12.1. The molecule has 1 fully saturated rings. The molecule has 4 nitrogen and oxygen atoms in total. The van der Waals surface area contributed by atoms with Gasteiger partial charge < -0.3 is 5.32 Å². The van der Waals surface area contributed by atoms with Gasteiger partial charge in [-0.25, -0.2) is 8.42 Å². The molecular formula is C13H15BrClNO3S. The number of hydrogen-bond acceptors (Lipinski definition) is 3. The van der Waals surface area contributed by atoms with Gasteiger partial charge in [0.2, 0.25) is 0 Å². The highest BCUT2D eigenvalue weighted by atomic mass is 79.9. The van der Waals surface area contributed by atoms with Gasteiger partial charge in [0.15, 0.2) is 0 Å². The number of carbonyl (C=O) groups excluding carboxylic acids is 1. The number of halogens is 2. The smallest absolute Gasteiger partial charge is 0.261 e. The van der Waals surface area contributed by atoms with Crippen LogP contribution < -0.4 is 5.32 Å². The second-order valence-electron chi connectivity index (χ2n) is 5.15. The van der Waals surface area contributed by atoms with E-state index in [1.54, 1.807) is 6.07 Å². The summed E-state index contributed by atoms with van der Waals surface area (Å²) in [7, 11) is 1.45. The topological polar surface area (TPSA) is 63.2 Å². The summed E-state index contributed by atoms with van der Waals surface area (Å²) >= 11 is 3.19. The molecule has 2 rings (SSSR count). The highest BCUT2D eigenvalue weighted by Crippen LogP contribution is 2.47. The van der Waals surface area contributed by atoms with Crippen molar-refractivity contribution in [2.45, 2.75) is 31.1 Å². The fraction of sp³-hybridized carbons (Fsp3) is 0.462. The molecule has 0 spiro atoms. The average molecular weight is 381 g/mol. The first kappa shape index (κ1) is 15.8. The minimum atomic E-state index is -3.85. The zero-order valence-corrected chi connectivity index (χ0v) is 14.1. The van der Waals surface area contributed by atoms with E-state index in [-0.39, 0.29) is 21.8 Å². The van der Waals surface area contributed by atoms with Gasteiger partial charge in [-0.3, -0.25) is 4.79 Å². The van der Waals surface area contributed by atoms with E-state index >= 15 is 0 Å². The van der Waals surface area contributed by atoms with Crippen molar-refractivity contribution in [3.63, 3.8) is 0 Å². The zero-order valence-electron chi connectivity index (χ0n) is 10.9. The lowest BCUT2D eigenvalue weighted by atomic mass is 10.0. The second kappa shape index (κ2) is 5.66. The van der Waals surface area contributed by atoms with Crippen molar-refractivity contribution in [3.8, 4) is 0 Å². The van der Waals surface area contributed by atoms with E-state index < -0.39 is 9.05 Å². The Balaban J connectivity index is 2.16. The number of rotatable bonds is 5. The Morgan fingerprint density at radius 3 is 2.55 bits per heavy atom. The molecule has 0 saturated heterocycles. The van der Waals surface area contributed by atoms with E-state index in [4.69, 9.17) is 10.7 Å². The largest absolute Gasteiger partial charge is 0.351 e. The SMILES string of the molecule is CCC1(CNC(=O)c2cc(Br)cc(S(=O)(=O)Cl)c2)CC1. The molecule has 0 bridgehead atoms. The third-order valence-electron chi connectivity index (χ3n) is 3.75. The molecule has 0 atom stereocenters. The van der Waals surface area contributed by atoms with Crippen molar-refractivity contribution in [1.29, 1.82) is 0 Å². The maximum absolute atomic E-state index is 12.1. The fourth-order valence-corrected chi connectivity index (χ4v) is 3.48. The van der Waals surface area contributed by atoms with Gasteiger partial charge in [-0.1, -0.05) is 22.9 Å². The Morgan fingerprint density at radius 1 is 1.40 bits per heavy atom. The van der Waals surface area contributed by atoms with Crippen LogP contribution in [0, 0.1) is 5.41 Å². The van der Waals surface area contributed by atoms with Gasteiger partial charge in [0.1, 0.15) is 0 Å². The number of amides is 1. The van der Waals surface area contributed by atoms with Crippen LogP contribution in [0.5, 0.6) is 0 Å². The summed E-state index contributed by atoms with van der Waals surface area (Å²) in [5.41, 5.74) is 0.522. The Hall–Kier alpha value is -0.590. The summed E-state index contributed by atoms with van der Waals surface area (Å²) in [5.74, 6) is -0.285. The van der Waals surface area contributed by atoms with Crippen LogP contribution in [-0.2, 0) is 9.05 Å². The predicted octanol–water partition coefficient (Wildman–Crippen LogP) is 3.30. The first-order chi connectivity index (χ1) is 9.26. The van der Waals surface area contributed by atoms with Gasteiger partial charge in [0.25, 0.3) is 15.0 Å². The van der Waals surface area contributed by atoms with Crippen molar-refractivity contribution in [3.05, 3.63) is 28.2 Å². The van der Waals surface area contributed by atoms with Crippen molar-refractivity contribution >= 4 is 41.6 Å². The summed E-state index contributed by atoms with van der Waals surface area (Å²) in [4.78, 5) is 12.0. The molecule has 0 radical (unpaired) electrons. The molecule has 110 valence electrons. The van der Waals surface area contributed by atoms with Crippen molar-refractivity contribution < 1.29 is 13.2 Å². The zero-order chi connectivity index (χ0) is 15.0. The normalized spacial score (nSPS) is 16.8. The van der Waals surface area contributed by atoms with Crippen molar-refractivity contribution in [1.82, 2.24) is 5.32 Å². The Morgan fingerprint density at radius 2 is 2.05 bits per heavy atom. The van der Waals surface area contributed by atoms with Gasteiger partial charge in [0, 0.05) is 27.3 Å². The first-order valence-electron chi connectivity index (χ1n) is 6.29. The Kier molecular flexibility index (Phi) is 4.47. The molecular weight excluding hydrogens is 366 g/mol. The fourth-order valence-electron chi connectivity index (χ4n) is 2.04. The Bertz CT molecular complexity index is 641. The second-order valence-corrected chi connectivity index (χ2v) is 8.63. The molecule has 1 N–H and O–H groups in total. The molecule has 1 aliphatic carbocycles. The summed E-state index contributed by atoms with van der Waals surface area (Å²) in [5, 5.41) is 2.86. The summed E-state index contributed by atoms with van der Waals surface area (Å²) in [6.45, 7) is 2.73. The number of nitrogens with one attached hydrogen (secondary N) is 1. The highest BCUT2D eigenvalue weighted by Gasteiger charge is 2.40. The number of benzene rings is 1. The van der Waals surface area contributed by atoms with Crippen molar-refractivity contribution in [2.24, 2.45) is 5.41 Å². The predicted molar refractivity (Wildman–Crippen MR) is 81.5 cm³/mol. The summed E-state index contributed by atoms with van der Waals surface area (Å²) in [6.07, 6.45) is 3.29. The third kappa shape index (κ3) is 3.74. The molecule has 20 heavy (non-hydrogen) atoms. The molecule has 7 heteroatoms. The minimum Gasteiger partial charge on any atom is -0.351 e. The van der Waals surface area contributed by atoms with Gasteiger partial charge >= 0.3 is 0 Å². The van der Waals surface area contributed by atoms with Crippen LogP contribution in [0.4, 0.5) is 0 Å². The minimum absolute atomic E-state index is 0.0877. The van der Waals surface area contributed by atoms with Crippen molar-refractivity contribution in [2.75, 3.05) is 6.54 Å². The number of hydrogen-bond donors (Lipinski definition) is 1. The van der Waals surface area contributed by atoms with Crippen LogP contribution in [0.2, 0.25) is 0 Å². The van der Waals surface area contributed by atoms with E-state index in [9.17, 15) is 13.2 Å². The molecule has 0 aromatic heterocycles. The lowest BCUT2D eigenvalue weighted by molar-refractivity contribution is 0.0944. The van der Waals surface area contributed by atoms with E-state index in [2.05, 4.69) is 28.2 Å². The van der Waals surface area contributed by atoms with E-state index in [1.165, 1.54) is 12.1 Å². The van der Waals surface area contributed by atoms with E-state index in [1.807, 2.05) is 0 Å². The molecule has 1 aromatic rings. The van der Waals surface area contributed by atoms with E-state index in [0.717, 1.165) is 19.3 Å². The Labute approximate surface area is 131 Å². The molecule has 1 amide bonds. The summed E-state index contributed by atoms with van der Waals surface area (Å²) < 4.78 is 23.2.